The standard InChI is InChI=1S/C81H69N/c1-77(2,3)53-38-44-61-62-45-39-54(78(4,5)6)49-73(62)81(72(61)48-53)68-30-18-12-24-58(68)60-42-36-51(46-71(60)81)50-34-40-55(41-35-50)82(74-32-19-14-22-56(74)52-37-43-59-57-23-11-16-28-66(57)80(9,10)70(59)47-52)75-33-20-15-25-63(75)64-27-21-31-69-76(64)65-26-13-17-29-67(65)79(69,7)8/h11-49H,1-10H3. The molecule has 0 aromatic heterocycles. The van der Waals surface area contributed by atoms with Crippen LogP contribution in [0.5, 0.6) is 0 Å². The van der Waals surface area contributed by atoms with Crippen LogP contribution in [0, 0.1) is 0 Å². The molecule has 0 saturated carbocycles. The van der Waals surface area contributed by atoms with E-state index in [2.05, 4.69) is 311 Å². The minimum Gasteiger partial charge on any atom is -0.309 e. The highest BCUT2D eigenvalue weighted by molar-refractivity contribution is 6.01. The van der Waals surface area contributed by atoms with Gasteiger partial charge in [-0.2, -0.15) is 0 Å². The van der Waals surface area contributed by atoms with Gasteiger partial charge in [0.05, 0.1) is 16.8 Å². The van der Waals surface area contributed by atoms with Gasteiger partial charge in [-0.15, -0.1) is 0 Å². The molecule has 11 aromatic carbocycles. The summed E-state index contributed by atoms with van der Waals surface area (Å²) in [5.41, 5.74) is 34.1. The topological polar surface area (TPSA) is 3.24 Å². The summed E-state index contributed by atoms with van der Waals surface area (Å²) in [7, 11) is 0. The van der Waals surface area contributed by atoms with Crippen LogP contribution in [-0.2, 0) is 27.1 Å². The molecule has 0 radical (unpaired) electrons. The van der Waals surface area contributed by atoms with Crippen LogP contribution < -0.4 is 4.90 Å². The Morgan fingerprint density at radius 1 is 0.268 bits per heavy atom. The Morgan fingerprint density at radius 3 is 1.27 bits per heavy atom. The number of hydrogen-bond acceptors (Lipinski definition) is 1. The van der Waals surface area contributed by atoms with Gasteiger partial charge in [-0.05, 0) is 170 Å². The van der Waals surface area contributed by atoms with Crippen molar-refractivity contribution in [1.82, 2.24) is 0 Å². The van der Waals surface area contributed by atoms with Crippen LogP contribution in [0.25, 0.3) is 77.9 Å². The zero-order valence-corrected chi connectivity index (χ0v) is 49.0. The average molecular weight is 1060 g/mol. The van der Waals surface area contributed by atoms with Gasteiger partial charge in [0.2, 0.25) is 0 Å². The van der Waals surface area contributed by atoms with Crippen molar-refractivity contribution >= 4 is 17.1 Å². The minimum atomic E-state index is -0.484. The highest BCUT2D eigenvalue weighted by atomic mass is 15.1. The lowest BCUT2D eigenvalue weighted by molar-refractivity contribution is 0.586. The maximum absolute atomic E-state index is 2.55. The fraction of sp³-hybridized carbons (Fsp3) is 0.185. The van der Waals surface area contributed by atoms with Crippen molar-refractivity contribution in [3.05, 3.63) is 292 Å². The summed E-state index contributed by atoms with van der Waals surface area (Å²) in [6.07, 6.45) is 0. The van der Waals surface area contributed by atoms with Crippen molar-refractivity contribution < 1.29 is 0 Å². The molecular formula is C81H69N. The van der Waals surface area contributed by atoms with E-state index in [0.717, 1.165) is 17.1 Å². The van der Waals surface area contributed by atoms with E-state index in [1.807, 2.05) is 0 Å². The highest BCUT2D eigenvalue weighted by Gasteiger charge is 2.52. The smallest absolute Gasteiger partial charge is 0.0725 e. The van der Waals surface area contributed by atoms with Crippen molar-refractivity contribution in [2.75, 3.05) is 4.90 Å². The first-order chi connectivity index (χ1) is 39.5. The molecule has 0 saturated heterocycles. The fourth-order valence-electron chi connectivity index (χ4n) is 15.2. The maximum Gasteiger partial charge on any atom is 0.0725 e. The third kappa shape index (κ3) is 7.11. The van der Waals surface area contributed by atoms with Crippen LogP contribution in [0.3, 0.4) is 0 Å². The molecule has 0 unspecified atom stereocenters. The Labute approximate surface area is 485 Å². The van der Waals surface area contributed by atoms with E-state index < -0.39 is 5.41 Å². The largest absolute Gasteiger partial charge is 0.309 e. The lowest BCUT2D eigenvalue weighted by atomic mass is 9.68. The second-order valence-electron chi connectivity index (χ2n) is 26.8. The molecule has 0 aliphatic heterocycles. The third-order valence-electron chi connectivity index (χ3n) is 19.5. The van der Waals surface area contributed by atoms with Crippen molar-refractivity contribution in [1.29, 1.82) is 0 Å². The van der Waals surface area contributed by atoms with Crippen molar-refractivity contribution in [3.8, 4) is 77.9 Å². The molecule has 0 amide bonds. The van der Waals surface area contributed by atoms with E-state index in [0.29, 0.717) is 0 Å². The van der Waals surface area contributed by atoms with Gasteiger partial charge < -0.3 is 4.90 Å². The van der Waals surface area contributed by atoms with Gasteiger partial charge >= 0.3 is 0 Å². The Balaban J connectivity index is 0.919. The Hall–Kier alpha value is -8.78. The van der Waals surface area contributed by atoms with E-state index in [4.69, 9.17) is 0 Å². The number of benzene rings is 11. The lowest BCUT2D eigenvalue weighted by Crippen LogP contribution is -2.27. The quantitative estimate of drug-likeness (QED) is 0.160. The van der Waals surface area contributed by atoms with E-state index in [9.17, 15) is 0 Å². The molecule has 0 atom stereocenters. The second kappa shape index (κ2) is 17.6. The molecule has 1 spiro atoms. The number of para-hydroxylation sites is 2. The van der Waals surface area contributed by atoms with Gasteiger partial charge in [-0.3, -0.25) is 0 Å². The summed E-state index contributed by atoms with van der Waals surface area (Å²) in [5.74, 6) is 0. The molecule has 0 heterocycles. The third-order valence-corrected chi connectivity index (χ3v) is 19.5. The molecule has 4 aliphatic carbocycles. The predicted octanol–water partition coefficient (Wildman–Crippen LogP) is 21.7. The van der Waals surface area contributed by atoms with Crippen LogP contribution >= 0.6 is 0 Å². The molecule has 0 bridgehead atoms. The monoisotopic (exact) mass is 1060 g/mol. The average Bonchev–Trinajstić information content (AvgIpc) is 1.60. The lowest BCUT2D eigenvalue weighted by Gasteiger charge is -2.33. The van der Waals surface area contributed by atoms with Crippen LogP contribution in [-0.4, -0.2) is 0 Å². The number of anilines is 3. The Kier molecular flexibility index (Phi) is 10.8. The SMILES string of the molecule is CC(C)(C)c1ccc2c(c1)C1(c3ccccc3-c3ccc(-c4ccc(N(c5ccccc5-c5ccc6c(c5)C(C)(C)c5ccccc5-6)c5ccccc5-c5cccc6c5-c5ccccc5C6(C)C)cc4)cc31)c1cc(C(C)(C)C)ccc1-2. The molecule has 1 heteroatoms. The Morgan fingerprint density at radius 2 is 0.659 bits per heavy atom. The van der Waals surface area contributed by atoms with E-state index in [1.54, 1.807) is 0 Å². The van der Waals surface area contributed by atoms with E-state index in [1.165, 1.54) is 134 Å². The zero-order chi connectivity index (χ0) is 56.2. The molecular weight excluding hydrogens is 987 g/mol. The van der Waals surface area contributed by atoms with Gasteiger partial charge in [0.15, 0.2) is 0 Å². The van der Waals surface area contributed by atoms with Crippen molar-refractivity contribution in [3.63, 3.8) is 0 Å². The van der Waals surface area contributed by atoms with Gasteiger partial charge in [-0.25, -0.2) is 0 Å². The predicted molar refractivity (Wildman–Crippen MR) is 346 cm³/mol. The maximum atomic E-state index is 2.55. The summed E-state index contributed by atoms with van der Waals surface area (Å²) in [6.45, 7) is 23.6. The zero-order valence-electron chi connectivity index (χ0n) is 49.0. The highest BCUT2D eigenvalue weighted by Crippen LogP contribution is 2.64. The first-order valence-electron chi connectivity index (χ1n) is 29.6. The molecule has 1 nitrogen and oxygen atoms in total. The van der Waals surface area contributed by atoms with Crippen molar-refractivity contribution in [2.45, 2.75) is 96.3 Å². The van der Waals surface area contributed by atoms with Crippen LogP contribution in [0.1, 0.15) is 125 Å². The van der Waals surface area contributed by atoms with E-state index >= 15 is 0 Å². The van der Waals surface area contributed by atoms with Gasteiger partial charge in [0.1, 0.15) is 0 Å². The van der Waals surface area contributed by atoms with Crippen molar-refractivity contribution in [2.24, 2.45) is 0 Å². The summed E-state index contributed by atoms with van der Waals surface area (Å²) in [4.78, 5) is 2.54. The number of hydrogen-bond donors (Lipinski definition) is 0. The number of nitrogens with zero attached hydrogens (tertiary/aromatic N) is 1. The van der Waals surface area contributed by atoms with Gasteiger partial charge in [0.25, 0.3) is 0 Å². The van der Waals surface area contributed by atoms with Gasteiger partial charge in [-0.1, -0.05) is 269 Å². The fourth-order valence-corrected chi connectivity index (χ4v) is 15.2. The normalized spacial score (nSPS) is 15.0. The molecule has 0 fully saturated rings. The molecule has 11 aromatic rings. The molecule has 82 heavy (non-hydrogen) atoms. The minimum absolute atomic E-state index is 0.0187. The molecule has 4 aliphatic rings. The summed E-state index contributed by atoms with van der Waals surface area (Å²) in [5, 5.41) is 0. The second-order valence-corrected chi connectivity index (χ2v) is 26.8. The van der Waals surface area contributed by atoms with Crippen LogP contribution in [0.2, 0.25) is 0 Å². The Bertz CT molecular complexity index is 4400. The molecule has 15 rings (SSSR count). The summed E-state index contributed by atoms with van der Waals surface area (Å²) >= 11 is 0. The summed E-state index contributed by atoms with van der Waals surface area (Å²) < 4.78 is 0. The number of rotatable bonds is 6. The molecule has 0 N–H and O–H groups in total. The first-order valence-corrected chi connectivity index (χ1v) is 29.6. The van der Waals surface area contributed by atoms with E-state index in [-0.39, 0.29) is 21.7 Å². The van der Waals surface area contributed by atoms with Crippen LogP contribution in [0.4, 0.5) is 17.1 Å². The number of fused-ring (bicyclic) bond motifs is 16. The van der Waals surface area contributed by atoms with Crippen LogP contribution in [0.15, 0.2) is 237 Å². The molecule has 398 valence electrons. The first kappa shape index (κ1) is 50.2. The summed E-state index contributed by atoms with van der Waals surface area (Å²) in [6, 6.07) is 91.0. The van der Waals surface area contributed by atoms with Gasteiger partial charge in [0, 0.05) is 27.6 Å².